The highest BCUT2D eigenvalue weighted by Gasteiger charge is 2.06. The van der Waals surface area contributed by atoms with Crippen LogP contribution < -0.4 is 5.32 Å². The third-order valence-electron chi connectivity index (χ3n) is 3.66. The van der Waals surface area contributed by atoms with Gasteiger partial charge in [0.2, 0.25) is 0 Å². The number of benzene rings is 2. The summed E-state index contributed by atoms with van der Waals surface area (Å²) in [4.78, 5) is 4.46. The molecule has 0 unspecified atom stereocenters. The zero-order chi connectivity index (χ0) is 14.1. The second-order valence-corrected chi connectivity index (χ2v) is 4.99. The fourth-order valence-corrected chi connectivity index (χ4v) is 2.61. The van der Waals surface area contributed by atoms with Gasteiger partial charge in [-0.05, 0) is 18.2 Å². The van der Waals surface area contributed by atoms with Gasteiger partial charge in [-0.25, -0.2) is 0 Å². The van der Waals surface area contributed by atoms with Gasteiger partial charge in [-0.15, -0.1) is 0 Å². The van der Waals surface area contributed by atoms with Gasteiger partial charge in [-0.3, -0.25) is 4.98 Å². The van der Waals surface area contributed by atoms with E-state index in [-0.39, 0.29) is 0 Å². The lowest BCUT2D eigenvalue weighted by atomic mass is 10.1. The predicted molar refractivity (Wildman–Crippen MR) is 85.3 cm³/mol. The smallest absolute Gasteiger partial charge is 0.134 e. The van der Waals surface area contributed by atoms with Crippen molar-refractivity contribution in [2.24, 2.45) is 0 Å². The summed E-state index contributed by atoms with van der Waals surface area (Å²) in [6.07, 6.45) is 3.64. The molecule has 0 fully saturated rings. The average molecular weight is 274 g/mol. The van der Waals surface area contributed by atoms with Crippen molar-refractivity contribution < 1.29 is 4.42 Å². The van der Waals surface area contributed by atoms with Gasteiger partial charge in [-0.2, -0.15) is 0 Å². The number of nitrogens with zero attached hydrogens (tertiary/aromatic N) is 1. The van der Waals surface area contributed by atoms with E-state index in [2.05, 4.69) is 34.6 Å². The van der Waals surface area contributed by atoms with Gasteiger partial charge in [0.15, 0.2) is 0 Å². The minimum atomic E-state index is 0.715. The van der Waals surface area contributed by atoms with Crippen molar-refractivity contribution in [3.63, 3.8) is 0 Å². The molecule has 0 radical (unpaired) electrons. The zero-order valence-corrected chi connectivity index (χ0v) is 11.4. The monoisotopic (exact) mass is 274 g/mol. The van der Waals surface area contributed by atoms with Gasteiger partial charge in [0.25, 0.3) is 0 Å². The minimum Gasteiger partial charge on any atom is -0.464 e. The first-order valence-electron chi connectivity index (χ1n) is 6.94. The number of pyridine rings is 1. The van der Waals surface area contributed by atoms with Gasteiger partial charge in [-0.1, -0.05) is 36.4 Å². The lowest BCUT2D eigenvalue weighted by Crippen LogP contribution is -1.99. The zero-order valence-electron chi connectivity index (χ0n) is 11.4. The Kier molecular flexibility index (Phi) is 2.82. The number of anilines is 1. The van der Waals surface area contributed by atoms with Crippen LogP contribution in [0.25, 0.3) is 21.9 Å². The number of nitrogens with one attached hydrogen (secondary N) is 1. The molecule has 2 aromatic heterocycles. The van der Waals surface area contributed by atoms with Crippen LogP contribution in [-0.2, 0) is 6.54 Å². The second-order valence-electron chi connectivity index (χ2n) is 4.99. The standard InChI is InChI=1S/C18H14N2O/c1-2-9-17-15(7-1)14(12-21-17)11-20-16-8-3-5-13-6-4-10-19-18(13)16/h1-10,12,20H,11H2. The molecule has 0 atom stereocenters. The van der Waals surface area contributed by atoms with Crippen LogP contribution in [0.15, 0.2) is 71.5 Å². The van der Waals surface area contributed by atoms with Gasteiger partial charge >= 0.3 is 0 Å². The lowest BCUT2D eigenvalue weighted by Gasteiger charge is -2.08. The quantitative estimate of drug-likeness (QED) is 0.593. The molecule has 0 amide bonds. The van der Waals surface area contributed by atoms with Crippen LogP contribution in [0.2, 0.25) is 0 Å². The van der Waals surface area contributed by atoms with Gasteiger partial charge in [0.05, 0.1) is 17.5 Å². The topological polar surface area (TPSA) is 38.1 Å². The third-order valence-corrected chi connectivity index (χ3v) is 3.66. The Morgan fingerprint density at radius 3 is 2.86 bits per heavy atom. The van der Waals surface area contributed by atoms with Crippen LogP contribution in [0.4, 0.5) is 5.69 Å². The summed E-state index contributed by atoms with van der Waals surface area (Å²) in [7, 11) is 0. The fraction of sp³-hybridized carbons (Fsp3) is 0.0556. The second kappa shape index (κ2) is 4.94. The Morgan fingerprint density at radius 2 is 1.86 bits per heavy atom. The molecule has 4 rings (SSSR count). The molecule has 0 aliphatic rings. The van der Waals surface area contributed by atoms with Crippen molar-refractivity contribution in [2.45, 2.75) is 6.54 Å². The van der Waals surface area contributed by atoms with Crippen molar-refractivity contribution in [3.8, 4) is 0 Å². The Hall–Kier alpha value is -2.81. The maximum Gasteiger partial charge on any atom is 0.134 e. The van der Waals surface area contributed by atoms with Gasteiger partial charge in [0.1, 0.15) is 5.58 Å². The lowest BCUT2D eigenvalue weighted by molar-refractivity contribution is 0.611. The molecule has 1 N–H and O–H groups in total. The maximum absolute atomic E-state index is 5.57. The van der Waals surface area contributed by atoms with E-state index in [0.29, 0.717) is 6.54 Å². The highest BCUT2D eigenvalue weighted by Crippen LogP contribution is 2.24. The van der Waals surface area contributed by atoms with Crippen LogP contribution in [-0.4, -0.2) is 4.98 Å². The first-order chi connectivity index (χ1) is 10.4. The molecule has 2 heterocycles. The minimum absolute atomic E-state index is 0.715. The molecular weight excluding hydrogens is 260 g/mol. The molecular formula is C18H14N2O. The van der Waals surface area contributed by atoms with Crippen LogP contribution in [0.3, 0.4) is 0 Å². The molecule has 0 bridgehead atoms. The molecule has 3 nitrogen and oxygen atoms in total. The van der Waals surface area contributed by atoms with E-state index in [4.69, 9.17) is 4.42 Å². The van der Waals surface area contributed by atoms with Crippen LogP contribution in [0, 0.1) is 0 Å². The van der Waals surface area contributed by atoms with E-state index in [1.807, 2.05) is 42.8 Å². The van der Waals surface area contributed by atoms with E-state index in [0.717, 1.165) is 33.1 Å². The summed E-state index contributed by atoms with van der Waals surface area (Å²) in [5.41, 5.74) is 4.11. The van der Waals surface area contributed by atoms with Gasteiger partial charge < -0.3 is 9.73 Å². The SMILES string of the molecule is c1cnc2c(NCc3coc4ccccc34)cccc2c1. The van der Waals surface area contributed by atoms with E-state index in [1.165, 1.54) is 0 Å². The van der Waals surface area contributed by atoms with Crippen molar-refractivity contribution in [1.29, 1.82) is 0 Å². The van der Waals surface area contributed by atoms with Crippen molar-refractivity contribution in [1.82, 2.24) is 4.98 Å². The van der Waals surface area contributed by atoms with Crippen LogP contribution in [0.5, 0.6) is 0 Å². The number of hydrogen-bond donors (Lipinski definition) is 1. The normalized spacial score (nSPS) is 11.0. The van der Waals surface area contributed by atoms with E-state index >= 15 is 0 Å². The Bertz CT molecular complexity index is 906. The molecule has 0 spiro atoms. The number of rotatable bonds is 3. The Labute approximate surface area is 122 Å². The van der Waals surface area contributed by atoms with E-state index in [1.54, 1.807) is 0 Å². The van der Waals surface area contributed by atoms with Crippen molar-refractivity contribution in [2.75, 3.05) is 5.32 Å². The molecule has 102 valence electrons. The van der Waals surface area contributed by atoms with Crippen molar-refractivity contribution >= 4 is 27.6 Å². The fourth-order valence-electron chi connectivity index (χ4n) is 2.61. The molecule has 4 aromatic rings. The number of hydrogen-bond acceptors (Lipinski definition) is 3. The average Bonchev–Trinajstić information content (AvgIpc) is 2.96. The van der Waals surface area contributed by atoms with Crippen LogP contribution in [0.1, 0.15) is 5.56 Å². The van der Waals surface area contributed by atoms with E-state index in [9.17, 15) is 0 Å². The molecule has 0 saturated carbocycles. The number of aromatic nitrogens is 1. The number of para-hydroxylation sites is 2. The maximum atomic E-state index is 5.57. The first kappa shape index (κ1) is 12.0. The molecule has 21 heavy (non-hydrogen) atoms. The molecule has 3 heteroatoms. The highest BCUT2D eigenvalue weighted by molar-refractivity contribution is 5.90. The Balaban J connectivity index is 1.67. The summed E-state index contributed by atoms with van der Waals surface area (Å²) < 4.78 is 5.57. The predicted octanol–water partition coefficient (Wildman–Crippen LogP) is 4.59. The highest BCUT2D eigenvalue weighted by atomic mass is 16.3. The number of furan rings is 1. The molecule has 0 saturated heterocycles. The summed E-state index contributed by atoms with van der Waals surface area (Å²) in [6.45, 7) is 0.715. The molecule has 2 aromatic carbocycles. The largest absolute Gasteiger partial charge is 0.464 e. The summed E-state index contributed by atoms with van der Waals surface area (Å²) in [5.74, 6) is 0. The summed E-state index contributed by atoms with van der Waals surface area (Å²) in [6, 6.07) is 18.3. The van der Waals surface area contributed by atoms with Crippen molar-refractivity contribution in [3.05, 3.63) is 72.6 Å². The van der Waals surface area contributed by atoms with E-state index < -0.39 is 0 Å². The van der Waals surface area contributed by atoms with Gasteiger partial charge in [0, 0.05) is 29.1 Å². The molecule has 0 aliphatic carbocycles. The van der Waals surface area contributed by atoms with Crippen LogP contribution >= 0.6 is 0 Å². The summed E-state index contributed by atoms with van der Waals surface area (Å²) in [5, 5.41) is 5.75. The third kappa shape index (κ3) is 2.13. The Morgan fingerprint density at radius 1 is 0.952 bits per heavy atom. The summed E-state index contributed by atoms with van der Waals surface area (Å²) >= 11 is 0. The number of fused-ring (bicyclic) bond motifs is 2. The first-order valence-corrected chi connectivity index (χ1v) is 6.94. The molecule has 0 aliphatic heterocycles.